The van der Waals surface area contributed by atoms with Gasteiger partial charge in [-0.25, -0.2) is 0 Å². The zero-order valence-corrected chi connectivity index (χ0v) is 10.8. The van der Waals surface area contributed by atoms with E-state index >= 15 is 0 Å². The molecule has 1 aliphatic heterocycles. The summed E-state index contributed by atoms with van der Waals surface area (Å²) < 4.78 is 1.90. The van der Waals surface area contributed by atoms with Gasteiger partial charge in [0.15, 0.2) is 0 Å². The second kappa shape index (κ2) is 4.45. The topological polar surface area (TPSA) is 24.3 Å². The van der Waals surface area contributed by atoms with Crippen LogP contribution in [0.2, 0.25) is 0 Å². The van der Waals surface area contributed by atoms with E-state index in [9.17, 15) is 0 Å². The quantitative estimate of drug-likeness (QED) is 0.753. The van der Waals surface area contributed by atoms with Gasteiger partial charge in [-0.2, -0.15) is 5.10 Å². The first kappa shape index (κ1) is 11.5. The summed E-state index contributed by atoms with van der Waals surface area (Å²) in [5.74, 6) is 0. The molecule has 4 nitrogen and oxygen atoms in total. The normalized spacial score (nSPS) is 22.4. The molecule has 1 unspecified atom stereocenters. The Bertz CT molecular complexity index is 358. The molecule has 0 amide bonds. The Balaban J connectivity index is 2.11. The summed E-state index contributed by atoms with van der Waals surface area (Å²) in [7, 11) is 6.38. The van der Waals surface area contributed by atoms with Gasteiger partial charge in [-0.3, -0.25) is 4.68 Å². The van der Waals surface area contributed by atoms with Crippen molar-refractivity contribution in [2.45, 2.75) is 25.8 Å². The van der Waals surface area contributed by atoms with Crippen LogP contribution in [0.1, 0.15) is 18.5 Å². The molecule has 2 heterocycles. The van der Waals surface area contributed by atoms with E-state index in [4.69, 9.17) is 0 Å². The van der Waals surface area contributed by atoms with Crippen LogP contribution < -0.4 is 4.90 Å². The number of anilines is 1. The van der Waals surface area contributed by atoms with E-state index in [0.29, 0.717) is 6.04 Å². The monoisotopic (exact) mass is 222 g/mol. The predicted octanol–water partition coefficient (Wildman–Crippen LogP) is 1.26. The molecule has 0 N–H and O–H groups in total. The largest absolute Gasteiger partial charge is 0.368 e. The Labute approximate surface area is 97.8 Å². The van der Waals surface area contributed by atoms with E-state index in [1.54, 1.807) is 0 Å². The fourth-order valence-corrected chi connectivity index (χ4v) is 2.59. The number of hydrogen-bond acceptors (Lipinski definition) is 3. The first-order valence-electron chi connectivity index (χ1n) is 5.99. The van der Waals surface area contributed by atoms with Crippen molar-refractivity contribution in [3.8, 4) is 0 Å². The predicted molar refractivity (Wildman–Crippen MR) is 66.9 cm³/mol. The lowest BCUT2D eigenvalue weighted by Crippen LogP contribution is -2.45. The highest BCUT2D eigenvalue weighted by atomic mass is 15.3. The summed E-state index contributed by atoms with van der Waals surface area (Å²) in [4.78, 5) is 4.80. The Morgan fingerprint density at radius 2 is 2.19 bits per heavy atom. The molecule has 16 heavy (non-hydrogen) atoms. The van der Waals surface area contributed by atoms with Gasteiger partial charge in [0.05, 0.1) is 11.4 Å². The number of piperidine rings is 1. The number of nitrogens with zero attached hydrogens (tertiary/aromatic N) is 4. The summed E-state index contributed by atoms with van der Waals surface area (Å²) >= 11 is 0. The van der Waals surface area contributed by atoms with E-state index in [1.165, 1.54) is 25.1 Å². The van der Waals surface area contributed by atoms with Crippen molar-refractivity contribution in [2.24, 2.45) is 7.05 Å². The van der Waals surface area contributed by atoms with Crippen LogP contribution in [0.15, 0.2) is 6.20 Å². The maximum absolute atomic E-state index is 4.41. The van der Waals surface area contributed by atoms with Gasteiger partial charge in [0.1, 0.15) is 0 Å². The molecule has 2 rings (SSSR count). The average molecular weight is 222 g/mol. The van der Waals surface area contributed by atoms with Gasteiger partial charge in [0.2, 0.25) is 0 Å². The highest BCUT2D eigenvalue weighted by Crippen LogP contribution is 2.23. The third-order valence-corrected chi connectivity index (χ3v) is 3.51. The molecule has 1 atom stereocenters. The molecule has 0 radical (unpaired) electrons. The van der Waals surface area contributed by atoms with Gasteiger partial charge < -0.3 is 9.80 Å². The van der Waals surface area contributed by atoms with Crippen molar-refractivity contribution in [2.75, 3.05) is 32.1 Å². The minimum atomic E-state index is 0.627. The lowest BCUT2D eigenvalue weighted by molar-refractivity contribution is 0.248. The molecule has 0 aliphatic carbocycles. The second-order valence-corrected chi connectivity index (χ2v) is 4.94. The van der Waals surface area contributed by atoms with Gasteiger partial charge >= 0.3 is 0 Å². The molecular weight excluding hydrogens is 200 g/mol. The van der Waals surface area contributed by atoms with Crippen molar-refractivity contribution in [1.29, 1.82) is 0 Å². The molecule has 1 aromatic heterocycles. The zero-order chi connectivity index (χ0) is 11.7. The molecule has 1 fully saturated rings. The summed E-state index contributed by atoms with van der Waals surface area (Å²) in [5, 5.41) is 4.41. The number of rotatable bonds is 2. The van der Waals surface area contributed by atoms with Gasteiger partial charge in [-0.05, 0) is 33.4 Å². The maximum Gasteiger partial charge on any atom is 0.0827 e. The van der Waals surface area contributed by atoms with Gasteiger partial charge in [-0.1, -0.05) is 0 Å². The average Bonchev–Trinajstić information content (AvgIpc) is 2.57. The van der Waals surface area contributed by atoms with E-state index in [0.717, 1.165) is 12.2 Å². The first-order chi connectivity index (χ1) is 7.58. The van der Waals surface area contributed by atoms with Crippen molar-refractivity contribution >= 4 is 5.69 Å². The summed E-state index contributed by atoms with van der Waals surface area (Å²) in [6.07, 6.45) is 4.70. The van der Waals surface area contributed by atoms with Crippen LogP contribution in [0.25, 0.3) is 0 Å². The Hall–Kier alpha value is -1.03. The minimum absolute atomic E-state index is 0.627. The Morgan fingerprint density at radius 3 is 2.75 bits per heavy atom. The number of aromatic nitrogens is 2. The van der Waals surface area contributed by atoms with Crippen LogP contribution in [-0.4, -0.2) is 47.9 Å². The molecule has 1 aliphatic rings. The van der Waals surface area contributed by atoms with Gasteiger partial charge in [0.25, 0.3) is 0 Å². The highest BCUT2D eigenvalue weighted by Gasteiger charge is 2.23. The third-order valence-electron chi connectivity index (χ3n) is 3.51. The first-order valence-corrected chi connectivity index (χ1v) is 5.99. The highest BCUT2D eigenvalue weighted by molar-refractivity contribution is 5.49. The zero-order valence-electron chi connectivity index (χ0n) is 10.8. The number of hydrogen-bond donors (Lipinski definition) is 0. The van der Waals surface area contributed by atoms with E-state index in [-0.39, 0.29) is 0 Å². The fourth-order valence-electron chi connectivity index (χ4n) is 2.59. The molecule has 1 saturated heterocycles. The number of likely N-dealkylation sites (tertiary alicyclic amines) is 1. The second-order valence-electron chi connectivity index (χ2n) is 4.94. The van der Waals surface area contributed by atoms with E-state index in [1.807, 2.05) is 11.7 Å². The van der Waals surface area contributed by atoms with Crippen LogP contribution >= 0.6 is 0 Å². The lowest BCUT2D eigenvalue weighted by atomic mass is 10.0. The number of likely N-dealkylation sites (N-methyl/N-ethyl adjacent to an activating group) is 2. The summed E-state index contributed by atoms with van der Waals surface area (Å²) in [5.41, 5.74) is 2.39. The van der Waals surface area contributed by atoms with E-state index in [2.05, 4.69) is 42.1 Å². The molecule has 0 spiro atoms. The molecular formula is C12H22N4. The van der Waals surface area contributed by atoms with Crippen molar-refractivity contribution < 1.29 is 0 Å². The molecule has 0 aromatic carbocycles. The van der Waals surface area contributed by atoms with Crippen LogP contribution in [0, 0.1) is 6.92 Å². The molecule has 90 valence electrons. The minimum Gasteiger partial charge on any atom is -0.368 e. The van der Waals surface area contributed by atoms with Crippen LogP contribution in [0.3, 0.4) is 0 Å². The van der Waals surface area contributed by atoms with Gasteiger partial charge in [-0.15, -0.1) is 0 Å². The molecule has 1 aromatic rings. The van der Waals surface area contributed by atoms with Gasteiger partial charge in [0, 0.05) is 32.9 Å². The molecule has 0 bridgehead atoms. The Morgan fingerprint density at radius 1 is 1.44 bits per heavy atom. The van der Waals surface area contributed by atoms with Crippen molar-refractivity contribution in [3.05, 3.63) is 11.9 Å². The molecule has 0 saturated carbocycles. The SMILES string of the molecule is Cc1nn(C)cc1N(C)C1CCCN(C)C1. The maximum atomic E-state index is 4.41. The van der Waals surface area contributed by atoms with Crippen LogP contribution in [0.4, 0.5) is 5.69 Å². The Kier molecular flexibility index (Phi) is 3.19. The molecule has 4 heteroatoms. The fraction of sp³-hybridized carbons (Fsp3) is 0.750. The number of aryl methyl sites for hydroxylation is 2. The lowest BCUT2D eigenvalue weighted by Gasteiger charge is -2.36. The third kappa shape index (κ3) is 2.21. The van der Waals surface area contributed by atoms with E-state index < -0.39 is 0 Å². The van der Waals surface area contributed by atoms with Crippen molar-refractivity contribution in [1.82, 2.24) is 14.7 Å². The van der Waals surface area contributed by atoms with Crippen molar-refractivity contribution in [3.63, 3.8) is 0 Å². The van der Waals surface area contributed by atoms with Crippen LogP contribution in [-0.2, 0) is 7.05 Å². The van der Waals surface area contributed by atoms with Crippen LogP contribution in [0.5, 0.6) is 0 Å². The smallest absolute Gasteiger partial charge is 0.0827 e. The summed E-state index contributed by atoms with van der Waals surface area (Å²) in [6, 6.07) is 0.627. The standard InChI is InChI=1S/C12H22N4/c1-10-12(9-15(3)13-10)16(4)11-6-5-7-14(2)8-11/h9,11H,5-8H2,1-4H3. The summed E-state index contributed by atoms with van der Waals surface area (Å²) in [6.45, 7) is 4.47.